The Morgan fingerprint density at radius 3 is 2.15 bits per heavy atom. The van der Waals surface area contributed by atoms with E-state index in [0.29, 0.717) is 0 Å². The van der Waals surface area contributed by atoms with Crippen molar-refractivity contribution in [2.75, 3.05) is 0 Å². The summed E-state index contributed by atoms with van der Waals surface area (Å²) in [6, 6.07) is 4.76. The third kappa shape index (κ3) is 3.36. The van der Waals surface area contributed by atoms with E-state index in [1.165, 1.54) is 18.9 Å². The molecule has 0 aliphatic carbocycles. The van der Waals surface area contributed by atoms with Crippen molar-refractivity contribution in [2.24, 2.45) is 0 Å². The first-order valence-corrected chi connectivity index (χ1v) is 4.74. The van der Waals surface area contributed by atoms with Crippen molar-refractivity contribution in [3.63, 3.8) is 0 Å². The summed E-state index contributed by atoms with van der Waals surface area (Å²) in [4.78, 5) is 0. The minimum absolute atomic E-state index is 0.145. The maximum absolute atomic E-state index is 9.19. The van der Waals surface area contributed by atoms with Crippen molar-refractivity contribution >= 4 is 0 Å². The highest BCUT2D eigenvalue weighted by Crippen LogP contribution is 2.21. The lowest BCUT2D eigenvalue weighted by Crippen LogP contribution is -1.84. The lowest BCUT2D eigenvalue weighted by atomic mass is 10.1. The second kappa shape index (κ2) is 4.75. The molecule has 0 spiro atoms. The molecule has 0 unspecified atom stereocenters. The van der Waals surface area contributed by atoms with Gasteiger partial charge in [-0.3, -0.25) is 0 Å². The van der Waals surface area contributed by atoms with E-state index in [0.717, 1.165) is 18.4 Å². The average molecular weight is 181 g/mol. The third-order valence-corrected chi connectivity index (χ3v) is 2.03. The Balaban J connectivity index is 2.56. The molecule has 0 saturated heterocycles. The first kappa shape index (κ1) is 9.90. The SMILES string of the molecule is [13CH3]CCCCc1cc(O)cc(O)c1. The number of hydrogen-bond acceptors (Lipinski definition) is 2. The van der Waals surface area contributed by atoms with Crippen LogP contribution >= 0.6 is 0 Å². The van der Waals surface area contributed by atoms with Gasteiger partial charge in [-0.2, -0.15) is 0 Å². The van der Waals surface area contributed by atoms with Crippen LogP contribution in [0.3, 0.4) is 0 Å². The highest BCUT2D eigenvalue weighted by molar-refractivity contribution is 5.36. The average Bonchev–Trinajstić information content (AvgIpc) is 2.03. The second-order valence-electron chi connectivity index (χ2n) is 3.31. The van der Waals surface area contributed by atoms with E-state index < -0.39 is 0 Å². The maximum atomic E-state index is 9.19. The Bertz CT molecular complexity index is 249. The molecule has 1 aromatic carbocycles. The number of aryl methyl sites for hydroxylation is 1. The topological polar surface area (TPSA) is 40.5 Å². The van der Waals surface area contributed by atoms with Crippen molar-refractivity contribution in [2.45, 2.75) is 32.6 Å². The molecule has 0 aliphatic heterocycles. The lowest BCUT2D eigenvalue weighted by molar-refractivity contribution is 0.449. The Hall–Kier alpha value is -1.18. The molecule has 2 heteroatoms. The number of benzene rings is 1. The number of hydrogen-bond donors (Lipinski definition) is 2. The molecule has 0 amide bonds. The van der Waals surface area contributed by atoms with Crippen molar-refractivity contribution < 1.29 is 10.2 Å². The predicted octanol–water partition coefficient (Wildman–Crippen LogP) is 2.83. The summed E-state index contributed by atoms with van der Waals surface area (Å²) < 4.78 is 0. The zero-order valence-electron chi connectivity index (χ0n) is 7.95. The fourth-order valence-electron chi connectivity index (χ4n) is 1.38. The van der Waals surface area contributed by atoms with Crippen LogP contribution in [0.15, 0.2) is 18.2 Å². The van der Waals surface area contributed by atoms with Gasteiger partial charge in [0.15, 0.2) is 0 Å². The third-order valence-electron chi connectivity index (χ3n) is 2.03. The fraction of sp³-hybridized carbons (Fsp3) is 0.455. The van der Waals surface area contributed by atoms with Gasteiger partial charge < -0.3 is 10.2 Å². The van der Waals surface area contributed by atoms with Crippen LogP contribution in [-0.4, -0.2) is 10.2 Å². The largest absolute Gasteiger partial charge is 0.508 e. The molecule has 0 fully saturated rings. The normalized spacial score (nSPS) is 10.2. The number of phenolic OH excluding ortho intramolecular Hbond substituents is 2. The van der Waals surface area contributed by atoms with Gasteiger partial charge in [0, 0.05) is 6.07 Å². The Morgan fingerprint density at radius 1 is 1.00 bits per heavy atom. The van der Waals surface area contributed by atoms with Crippen LogP contribution in [0, 0.1) is 0 Å². The van der Waals surface area contributed by atoms with Gasteiger partial charge >= 0.3 is 0 Å². The van der Waals surface area contributed by atoms with Gasteiger partial charge in [-0.25, -0.2) is 0 Å². The van der Waals surface area contributed by atoms with Crippen LogP contribution in [0.1, 0.15) is 31.7 Å². The summed E-state index contributed by atoms with van der Waals surface area (Å²) in [5.74, 6) is 0.290. The van der Waals surface area contributed by atoms with Crippen LogP contribution < -0.4 is 0 Å². The molecule has 13 heavy (non-hydrogen) atoms. The van der Waals surface area contributed by atoms with Crippen LogP contribution in [0.4, 0.5) is 0 Å². The molecule has 0 atom stereocenters. The van der Waals surface area contributed by atoms with Crippen molar-refractivity contribution in [1.29, 1.82) is 0 Å². The lowest BCUT2D eigenvalue weighted by Gasteiger charge is -2.02. The van der Waals surface area contributed by atoms with Gasteiger partial charge in [0.05, 0.1) is 0 Å². The molecule has 0 aromatic heterocycles. The molecule has 0 heterocycles. The van der Waals surface area contributed by atoms with E-state index in [1.54, 1.807) is 12.1 Å². The van der Waals surface area contributed by atoms with Crippen LogP contribution in [0.25, 0.3) is 0 Å². The summed E-state index contributed by atoms with van der Waals surface area (Å²) in [5, 5.41) is 18.4. The van der Waals surface area contributed by atoms with E-state index in [4.69, 9.17) is 0 Å². The van der Waals surface area contributed by atoms with Gasteiger partial charge in [-0.1, -0.05) is 19.8 Å². The van der Waals surface area contributed by atoms with Gasteiger partial charge in [0.2, 0.25) is 0 Å². The number of aromatic hydroxyl groups is 2. The summed E-state index contributed by atoms with van der Waals surface area (Å²) in [5.41, 5.74) is 1.01. The fourth-order valence-corrected chi connectivity index (χ4v) is 1.38. The van der Waals surface area contributed by atoms with E-state index in [9.17, 15) is 10.2 Å². The van der Waals surface area contributed by atoms with Crippen LogP contribution in [0.5, 0.6) is 11.5 Å². The number of rotatable bonds is 4. The Kier molecular flexibility index (Phi) is 3.62. The zero-order valence-corrected chi connectivity index (χ0v) is 7.95. The molecule has 2 nitrogen and oxygen atoms in total. The zero-order chi connectivity index (χ0) is 9.68. The Labute approximate surface area is 78.8 Å². The quantitative estimate of drug-likeness (QED) is 0.554. The van der Waals surface area contributed by atoms with Gasteiger partial charge in [0.25, 0.3) is 0 Å². The monoisotopic (exact) mass is 181 g/mol. The minimum atomic E-state index is 0.145. The number of phenols is 2. The molecule has 2 N–H and O–H groups in total. The van der Waals surface area contributed by atoms with E-state index >= 15 is 0 Å². The highest BCUT2D eigenvalue weighted by atomic mass is 16.3. The first-order chi connectivity index (χ1) is 6.22. The molecule has 0 bridgehead atoms. The molecule has 0 saturated carbocycles. The van der Waals surface area contributed by atoms with E-state index in [-0.39, 0.29) is 11.5 Å². The molecule has 1 aromatic rings. The molecule has 0 aliphatic rings. The molecular weight excluding hydrogens is 165 g/mol. The van der Waals surface area contributed by atoms with Crippen LogP contribution in [0.2, 0.25) is 0 Å². The Morgan fingerprint density at radius 2 is 1.62 bits per heavy atom. The van der Waals surface area contributed by atoms with E-state index in [2.05, 4.69) is 6.92 Å². The summed E-state index contributed by atoms with van der Waals surface area (Å²) in [7, 11) is 0. The molecule has 72 valence electrons. The molecular formula is C11H16O2. The van der Waals surface area contributed by atoms with E-state index in [1.807, 2.05) is 0 Å². The van der Waals surface area contributed by atoms with Crippen molar-refractivity contribution in [3.05, 3.63) is 23.8 Å². The van der Waals surface area contributed by atoms with Crippen LogP contribution in [-0.2, 0) is 6.42 Å². The standard InChI is InChI=1S/C11H16O2/c1-2-3-4-5-9-6-10(12)8-11(13)7-9/h6-8,12-13H,2-5H2,1H3/i1+1. The molecule has 0 radical (unpaired) electrons. The van der Waals surface area contributed by atoms with Crippen molar-refractivity contribution in [3.8, 4) is 11.5 Å². The highest BCUT2D eigenvalue weighted by Gasteiger charge is 1.98. The van der Waals surface area contributed by atoms with Gasteiger partial charge in [-0.05, 0) is 30.5 Å². The smallest absolute Gasteiger partial charge is 0.119 e. The first-order valence-electron chi connectivity index (χ1n) is 4.74. The summed E-state index contributed by atoms with van der Waals surface area (Å²) in [6.07, 6.45) is 4.41. The van der Waals surface area contributed by atoms with Gasteiger partial charge in [-0.15, -0.1) is 0 Å². The predicted molar refractivity (Wildman–Crippen MR) is 53.0 cm³/mol. The number of unbranched alkanes of at least 4 members (excludes halogenated alkanes) is 2. The minimum Gasteiger partial charge on any atom is -0.508 e. The van der Waals surface area contributed by atoms with Gasteiger partial charge in [0.1, 0.15) is 11.5 Å². The molecule has 1 rings (SSSR count). The summed E-state index contributed by atoms with van der Waals surface area (Å²) >= 11 is 0. The second-order valence-corrected chi connectivity index (χ2v) is 3.31. The van der Waals surface area contributed by atoms with Crippen molar-refractivity contribution in [1.82, 2.24) is 0 Å². The summed E-state index contributed by atoms with van der Waals surface area (Å²) in [6.45, 7) is 2.15. The maximum Gasteiger partial charge on any atom is 0.119 e.